The quantitative estimate of drug-likeness (QED) is 0.832. The lowest BCUT2D eigenvalue weighted by Gasteiger charge is -2.18. The summed E-state index contributed by atoms with van der Waals surface area (Å²) in [4.78, 5) is 23.6. The highest BCUT2D eigenvalue weighted by Gasteiger charge is 2.19. The molecule has 0 aromatic heterocycles. The maximum Gasteiger partial charge on any atom is 0.328 e. The molecule has 0 bridgehead atoms. The SMILES string of the molecule is Cc1cc2c(cc1N(C)C(=O)/C=C/C(=O)O)OCO2. The van der Waals surface area contributed by atoms with E-state index < -0.39 is 11.9 Å². The molecule has 1 amide bonds. The minimum atomic E-state index is -1.16. The summed E-state index contributed by atoms with van der Waals surface area (Å²) in [5, 5.41) is 8.50. The van der Waals surface area contributed by atoms with Gasteiger partial charge in [0.25, 0.3) is 5.91 Å². The van der Waals surface area contributed by atoms with Crippen LogP contribution in [-0.4, -0.2) is 30.8 Å². The van der Waals surface area contributed by atoms with Crippen LogP contribution in [0.15, 0.2) is 24.3 Å². The smallest absolute Gasteiger partial charge is 0.328 e. The average molecular weight is 263 g/mol. The van der Waals surface area contributed by atoms with E-state index in [2.05, 4.69) is 0 Å². The molecule has 1 aromatic carbocycles. The van der Waals surface area contributed by atoms with Crippen molar-refractivity contribution in [2.45, 2.75) is 6.92 Å². The Kier molecular flexibility index (Phi) is 3.41. The molecule has 0 atom stereocenters. The number of aryl methyl sites for hydroxylation is 1. The third-order valence-electron chi connectivity index (χ3n) is 2.75. The lowest BCUT2D eigenvalue weighted by atomic mass is 10.1. The van der Waals surface area contributed by atoms with Crippen molar-refractivity contribution in [3.63, 3.8) is 0 Å². The normalized spacial score (nSPS) is 12.7. The van der Waals surface area contributed by atoms with Gasteiger partial charge < -0.3 is 19.5 Å². The minimum absolute atomic E-state index is 0.162. The first kappa shape index (κ1) is 12.9. The second-order valence-electron chi connectivity index (χ2n) is 4.06. The number of benzene rings is 1. The highest BCUT2D eigenvalue weighted by molar-refractivity contribution is 6.04. The number of ether oxygens (including phenoxy) is 2. The van der Waals surface area contributed by atoms with E-state index in [1.807, 2.05) is 6.92 Å². The molecular formula is C13H13NO5. The van der Waals surface area contributed by atoms with E-state index in [4.69, 9.17) is 14.6 Å². The molecule has 0 saturated carbocycles. The van der Waals surface area contributed by atoms with E-state index in [0.717, 1.165) is 17.7 Å². The van der Waals surface area contributed by atoms with Crippen LogP contribution in [0.25, 0.3) is 0 Å². The Balaban J connectivity index is 2.26. The first-order chi connectivity index (χ1) is 8.99. The molecule has 0 aliphatic carbocycles. The topological polar surface area (TPSA) is 76.1 Å². The van der Waals surface area contributed by atoms with Gasteiger partial charge in [0.2, 0.25) is 6.79 Å². The third-order valence-corrected chi connectivity index (χ3v) is 2.75. The number of anilines is 1. The molecule has 1 heterocycles. The molecule has 2 rings (SSSR count). The zero-order valence-electron chi connectivity index (χ0n) is 10.5. The molecule has 1 aliphatic rings. The maximum absolute atomic E-state index is 11.8. The van der Waals surface area contributed by atoms with Gasteiger partial charge in [0.05, 0.1) is 5.69 Å². The van der Waals surface area contributed by atoms with Gasteiger partial charge in [-0.25, -0.2) is 4.79 Å². The van der Waals surface area contributed by atoms with Crippen LogP contribution in [0, 0.1) is 6.92 Å². The average Bonchev–Trinajstić information content (AvgIpc) is 2.80. The number of hydrogen-bond donors (Lipinski definition) is 1. The number of fused-ring (bicyclic) bond motifs is 1. The van der Waals surface area contributed by atoms with Gasteiger partial charge in [0.15, 0.2) is 11.5 Å². The van der Waals surface area contributed by atoms with Gasteiger partial charge in [-0.1, -0.05) is 0 Å². The summed E-state index contributed by atoms with van der Waals surface area (Å²) < 4.78 is 10.5. The number of likely N-dealkylation sites (N-methyl/N-ethyl adjacent to an activating group) is 1. The molecule has 0 radical (unpaired) electrons. The van der Waals surface area contributed by atoms with Crippen molar-refractivity contribution in [3.8, 4) is 11.5 Å². The zero-order chi connectivity index (χ0) is 14.0. The summed E-state index contributed by atoms with van der Waals surface area (Å²) in [6.07, 6.45) is 1.81. The first-order valence-electron chi connectivity index (χ1n) is 5.58. The molecular weight excluding hydrogens is 250 g/mol. The monoisotopic (exact) mass is 263 g/mol. The highest BCUT2D eigenvalue weighted by Crippen LogP contribution is 2.37. The number of amides is 1. The van der Waals surface area contributed by atoms with E-state index in [1.54, 1.807) is 19.2 Å². The number of aliphatic carboxylic acids is 1. The van der Waals surface area contributed by atoms with Crippen LogP contribution in [-0.2, 0) is 9.59 Å². The molecule has 1 aromatic rings. The maximum atomic E-state index is 11.8. The van der Waals surface area contributed by atoms with Gasteiger partial charge in [0, 0.05) is 25.3 Å². The number of carbonyl (C=O) groups excluding carboxylic acids is 1. The summed E-state index contributed by atoms with van der Waals surface area (Å²) in [6.45, 7) is 2.00. The summed E-state index contributed by atoms with van der Waals surface area (Å²) in [6, 6.07) is 3.48. The lowest BCUT2D eigenvalue weighted by Crippen LogP contribution is -2.25. The van der Waals surface area contributed by atoms with Crippen molar-refractivity contribution in [1.82, 2.24) is 0 Å². The Morgan fingerprint density at radius 2 is 1.89 bits per heavy atom. The lowest BCUT2D eigenvalue weighted by molar-refractivity contribution is -0.131. The molecule has 19 heavy (non-hydrogen) atoms. The number of carbonyl (C=O) groups is 2. The Hall–Kier alpha value is -2.50. The standard InChI is InChI=1S/C13H13NO5/c1-8-5-10-11(19-7-18-10)6-9(8)14(2)12(15)3-4-13(16)17/h3-6H,7H2,1-2H3,(H,16,17)/b4-3+. The Morgan fingerprint density at radius 3 is 2.53 bits per heavy atom. The van der Waals surface area contributed by atoms with Gasteiger partial charge in [-0.3, -0.25) is 4.79 Å². The van der Waals surface area contributed by atoms with Gasteiger partial charge >= 0.3 is 5.97 Å². The molecule has 1 aliphatic heterocycles. The number of rotatable bonds is 3. The fourth-order valence-electron chi connectivity index (χ4n) is 1.77. The zero-order valence-corrected chi connectivity index (χ0v) is 10.5. The van der Waals surface area contributed by atoms with Gasteiger partial charge in [-0.05, 0) is 18.6 Å². The molecule has 100 valence electrons. The largest absolute Gasteiger partial charge is 0.478 e. The van der Waals surface area contributed by atoms with E-state index in [0.29, 0.717) is 17.2 Å². The number of carboxylic acids is 1. The number of nitrogens with zero attached hydrogens (tertiary/aromatic N) is 1. The van der Waals surface area contributed by atoms with Gasteiger partial charge in [-0.2, -0.15) is 0 Å². The molecule has 6 heteroatoms. The number of carboxylic acid groups (broad SMARTS) is 1. The summed E-state index contributed by atoms with van der Waals surface area (Å²) >= 11 is 0. The predicted molar refractivity (Wildman–Crippen MR) is 67.5 cm³/mol. The van der Waals surface area contributed by atoms with Crippen molar-refractivity contribution in [2.24, 2.45) is 0 Å². The van der Waals surface area contributed by atoms with Crippen molar-refractivity contribution in [3.05, 3.63) is 29.8 Å². The minimum Gasteiger partial charge on any atom is -0.478 e. The Labute approximate surface area is 109 Å². The van der Waals surface area contributed by atoms with Crippen LogP contribution < -0.4 is 14.4 Å². The van der Waals surface area contributed by atoms with Crippen molar-refractivity contribution >= 4 is 17.6 Å². The predicted octanol–water partition coefficient (Wildman–Crippen LogP) is 1.33. The van der Waals surface area contributed by atoms with E-state index in [-0.39, 0.29) is 6.79 Å². The molecule has 0 spiro atoms. The second-order valence-corrected chi connectivity index (χ2v) is 4.06. The van der Waals surface area contributed by atoms with Crippen LogP contribution in [0.4, 0.5) is 5.69 Å². The first-order valence-corrected chi connectivity index (χ1v) is 5.58. The van der Waals surface area contributed by atoms with Crippen molar-refractivity contribution in [1.29, 1.82) is 0 Å². The second kappa shape index (κ2) is 5.01. The Bertz CT molecular complexity index is 564. The van der Waals surface area contributed by atoms with Gasteiger partial charge in [0.1, 0.15) is 0 Å². The van der Waals surface area contributed by atoms with E-state index in [1.165, 1.54) is 4.90 Å². The van der Waals surface area contributed by atoms with Crippen molar-refractivity contribution in [2.75, 3.05) is 18.7 Å². The summed E-state index contributed by atoms with van der Waals surface area (Å²) in [5.74, 6) is -0.376. The van der Waals surface area contributed by atoms with Crippen LogP contribution in [0.2, 0.25) is 0 Å². The van der Waals surface area contributed by atoms with Crippen LogP contribution in [0.5, 0.6) is 11.5 Å². The molecule has 0 fully saturated rings. The summed E-state index contributed by atoms with van der Waals surface area (Å²) in [7, 11) is 1.57. The van der Waals surface area contributed by atoms with Crippen LogP contribution in [0.3, 0.4) is 0 Å². The van der Waals surface area contributed by atoms with E-state index in [9.17, 15) is 9.59 Å². The summed E-state index contributed by atoms with van der Waals surface area (Å²) in [5.41, 5.74) is 1.48. The van der Waals surface area contributed by atoms with Gasteiger partial charge in [-0.15, -0.1) is 0 Å². The highest BCUT2D eigenvalue weighted by atomic mass is 16.7. The van der Waals surface area contributed by atoms with Crippen LogP contribution in [0.1, 0.15) is 5.56 Å². The third kappa shape index (κ3) is 2.67. The number of hydrogen-bond acceptors (Lipinski definition) is 4. The molecule has 0 unspecified atom stereocenters. The van der Waals surface area contributed by atoms with Crippen LogP contribution >= 0.6 is 0 Å². The molecule has 1 N–H and O–H groups in total. The Morgan fingerprint density at radius 1 is 1.26 bits per heavy atom. The van der Waals surface area contributed by atoms with E-state index >= 15 is 0 Å². The molecule has 6 nitrogen and oxygen atoms in total. The fourth-order valence-corrected chi connectivity index (χ4v) is 1.77. The fraction of sp³-hybridized carbons (Fsp3) is 0.231. The molecule has 0 saturated heterocycles. The van der Waals surface area contributed by atoms with Crippen molar-refractivity contribution < 1.29 is 24.2 Å².